The molecule has 4 nitrogen and oxygen atoms in total. The second kappa shape index (κ2) is 6.55. The maximum Gasteiger partial charge on any atom is 0.245 e. The molecule has 1 aliphatic carbocycles. The molecule has 5 heteroatoms. The van der Waals surface area contributed by atoms with Gasteiger partial charge in [0.15, 0.2) is 11.7 Å². The highest BCUT2D eigenvalue weighted by Gasteiger charge is 2.47. The van der Waals surface area contributed by atoms with Gasteiger partial charge in [-0.1, -0.05) is 29.8 Å². The fourth-order valence-electron chi connectivity index (χ4n) is 2.33. The molecule has 3 atom stereocenters. The van der Waals surface area contributed by atoms with Gasteiger partial charge in [-0.25, -0.2) is 0 Å². The number of amides is 1. The quantitative estimate of drug-likeness (QED) is 0.648. The number of nitriles is 1. The molecule has 1 saturated carbocycles. The lowest BCUT2D eigenvalue weighted by Gasteiger charge is -2.08. The van der Waals surface area contributed by atoms with Gasteiger partial charge in [-0.2, -0.15) is 5.26 Å². The van der Waals surface area contributed by atoms with Crippen LogP contribution < -0.4 is 5.32 Å². The molecule has 21 heavy (non-hydrogen) atoms. The minimum Gasteiger partial charge on any atom is -0.351 e. The molecule has 2 rings (SSSR count). The number of hydrogen-bond acceptors (Lipinski definition) is 3. The number of ketones is 1. The first kappa shape index (κ1) is 15.3. The van der Waals surface area contributed by atoms with Crippen molar-refractivity contribution < 1.29 is 9.59 Å². The summed E-state index contributed by atoms with van der Waals surface area (Å²) in [5.41, 5.74) is 1.01. The lowest BCUT2D eigenvalue weighted by atomic mass is 9.98. The van der Waals surface area contributed by atoms with Crippen LogP contribution in [0.3, 0.4) is 0 Å². The lowest BCUT2D eigenvalue weighted by molar-refractivity contribution is -0.132. The molecule has 0 saturated heterocycles. The first-order valence-electron chi connectivity index (χ1n) is 6.66. The largest absolute Gasteiger partial charge is 0.351 e. The van der Waals surface area contributed by atoms with E-state index < -0.39 is 11.8 Å². The maximum atomic E-state index is 12.3. The van der Waals surface area contributed by atoms with Crippen molar-refractivity contribution in [3.05, 3.63) is 47.5 Å². The van der Waals surface area contributed by atoms with Gasteiger partial charge >= 0.3 is 0 Å². The van der Waals surface area contributed by atoms with Crippen molar-refractivity contribution in [2.24, 2.45) is 11.8 Å². The first-order valence-corrected chi connectivity index (χ1v) is 7.03. The SMILES string of the molecule is C=CCNC(=O)[C@H](C#N)C(=O)[C@H]1C[C@@H]1c1ccc(Cl)cc1. The summed E-state index contributed by atoms with van der Waals surface area (Å²) in [6, 6.07) is 9.09. The number of carbonyl (C=O) groups is 2. The van der Waals surface area contributed by atoms with Gasteiger partial charge in [0.25, 0.3) is 0 Å². The van der Waals surface area contributed by atoms with Crippen LogP contribution in [-0.2, 0) is 9.59 Å². The number of carbonyl (C=O) groups excluding carboxylic acids is 2. The number of nitrogens with zero attached hydrogens (tertiary/aromatic N) is 1. The summed E-state index contributed by atoms with van der Waals surface area (Å²) in [7, 11) is 0. The van der Waals surface area contributed by atoms with Crippen molar-refractivity contribution >= 4 is 23.3 Å². The molecule has 1 N–H and O–H groups in total. The molecule has 0 aromatic heterocycles. The van der Waals surface area contributed by atoms with E-state index in [0.717, 1.165) is 5.56 Å². The molecule has 0 aliphatic heterocycles. The van der Waals surface area contributed by atoms with Gasteiger partial charge in [0.2, 0.25) is 5.91 Å². The Balaban J connectivity index is 2.01. The summed E-state index contributed by atoms with van der Waals surface area (Å²) >= 11 is 5.83. The van der Waals surface area contributed by atoms with Crippen molar-refractivity contribution in [1.82, 2.24) is 5.32 Å². The van der Waals surface area contributed by atoms with Crippen molar-refractivity contribution in [3.8, 4) is 6.07 Å². The summed E-state index contributed by atoms with van der Waals surface area (Å²) in [5, 5.41) is 12.2. The second-order valence-corrected chi connectivity index (χ2v) is 5.43. The second-order valence-electron chi connectivity index (χ2n) is 5.00. The molecule has 0 unspecified atom stereocenters. The van der Waals surface area contributed by atoms with E-state index in [0.29, 0.717) is 11.4 Å². The Hall–Kier alpha value is -2.12. The number of nitrogens with one attached hydrogen (secondary N) is 1. The van der Waals surface area contributed by atoms with Crippen LogP contribution in [0.4, 0.5) is 0 Å². The minimum absolute atomic E-state index is 0.0813. The average molecular weight is 303 g/mol. The zero-order valence-corrected chi connectivity index (χ0v) is 12.1. The lowest BCUT2D eigenvalue weighted by Crippen LogP contribution is -2.35. The smallest absolute Gasteiger partial charge is 0.245 e. The van der Waals surface area contributed by atoms with Crippen LogP contribution in [0.2, 0.25) is 5.02 Å². The molecule has 0 bridgehead atoms. The maximum absolute atomic E-state index is 12.3. The van der Waals surface area contributed by atoms with Crippen molar-refractivity contribution in [2.75, 3.05) is 6.54 Å². The molecule has 1 fully saturated rings. The number of halogens is 1. The van der Waals surface area contributed by atoms with Gasteiger partial charge in [-0.05, 0) is 30.0 Å². The fourth-order valence-corrected chi connectivity index (χ4v) is 2.45. The highest BCUT2D eigenvalue weighted by Crippen LogP contribution is 2.49. The van der Waals surface area contributed by atoms with Crippen LogP contribution in [0.25, 0.3) is 0 Å². The number of benzene rings is 1. The first-order chi connectivity index (χ1) is 10.1. The van der Waals surface area contributed by atoms with E-state index in [2.05, 4.69) is 11.9 Å². The summed E-state index contributed by atoms with van der Waals surface area (Å²) < 4.78 is 0. The standard InChI is InChI=1S/C16H15ClN2O2/c1-2-7-19-16(21)14(9-18)15(20)13-8-12(13)10-3-5-11(17)6-4-10/h2-6,12-14H,1,7-8H2,(H,19,21)/t12-,13+,14-/m1/s1. The van der Waals surface area contributed by atoms with E-state index in [1.54, 1.807) is 18.2 Å². The Morgan fingerprint density at radius 2 is 2.14 bits per heavy atom. The number of rotatable bonds is 6. The van der Waals surface area contributed by atoms with Gasteiger partial charge in [0.05, 0.1) is 6.07 Å². The predicted octanol–water partition coefficient (Wildman–Crippen LogP) is 2.45. The van der Waals surface area contributed by atoms with Crippen LogP contribution in [0.15, 0.2) is 36.9 Å². The van der Waals surface area contributed by atoms with E-state index in [1.807, 2.05) is 12.1 Å². The summed E-state index contributed by atoms with van der Waals surface area (Å²) in [6.45, 7) is 3.72. The fraction of sp³-hybridized carbons (Fsp3) is 0.312. The van der Waals surface area contributed by atoms with E-state index in [-0.39, 0.29) is 24.2 Å². The topological polar surface area (TPSA) is 70.0 Å². The molecule has 1 aromatic rings. The van der Waals surface area contributed by atoms with Crippen LogP contribution in [0.5, 0.6) is 0 Å². The molecular formula is C16H15ClN2O2. The van der Waals surface area contributed by atoms with E-state index in [4.69, 9.17) is 16.9 Å². The zero-order chi connectivity index (χ0) is 15.4. The summed E-state index contributed by atoms with van der Waals surface area (Å²) in [5.74, 6) is -2.28. The molecule has 108 valence electrons. The average Bonchev–Trinajstić information content (AvgIpc) is 3.27. The van der Waals surface area contributed by atoms with Crippen LogP contribution >= 0.6 is 11.6 Å². The van der Waals surface area contributed by atoms with Gasteiger partial charge in [-0.3, -0.25) is 9.59 Å². The Morgan fingerprint density at radius 1 is 1.48 bits per heavy atom. The highest BCUT2D eigenvalue weighted by atomic mass is 35.5. The Labute approximate surface area is 128 Å². The number of Topliss-reactive ketones (excluding diaryl/α,β-unsaturated/α-hetero) is 1. The van der Waals surface area contributed by atoms with Crippen LogP contribution in [0.1, 0.15) is 17.9 Å². The molecule has 0 heterocycles. The summed E-state index contributed by atoms with van der Waals surface area (Å²) in [6.07, 6.45) is 2.18. The van der Waals surface area contributed by atoms with Gasteiger partial charge in [0, 0.05) is 17.5 Å². The molecule has 1 amide bonds. The molecule has 1 aromatic carbocycles. The normalized spacial score (nSPS) is 21.0. The number of hydrogen-bond donors (Lipinski definition) is 1. The minimum atomic E-state index is -1.24. The highest BCUT2D eigenvalue weighted by molar-refractivity contribution is 6.30. The molecule has 1 aliphatic rings. The van der Waals surface area contributed by atoms with E-state index in [9.17, 15) is 9.59 Å². The third-order valence-electron chi connectivity index (χ3n) is 3.55. The van der Waals surface area contributed by atoms with Crippen molar-refractivity contribution in [3.63, 3.8) is 0 Å². The van der Waals surface area contributed by atoms with E-state index >= 15 is 0 Å². The third-order valence-corrected chi connectivity index (χ3v) is 3.80. The Bertz CT molecular complexity index is 604. The Morgan fingerprint density at radius 3 is 2.71 bits per heavy atom. The van der Waals surface area contributed by atoms with Crippen LogP contribution in [-0.4, -0.2) is 18.2 Å². The van der Waals surface area contributed by atoms with E-state index in [1.165, 1.54) is 6.08 Å². The predicted molar refractivity (Wildman–Crippen MR) is 79.6 cm³/mol. The van der Waals surface area contributed by atoms with Gasteiger partial charge in [-0.15, -0.1) is 6.58 Å². The van der Waals surface area contributed by atoms with Crippen molar-refractivity contribution in [1.29, 1.82) is 5.26 Å². The molecule has 0 spiro atoms. The molecule has 0 radical (unpaired) electrons. The van der Waals surface area contributed by atoms with Crippen LogP contribution in [0, 0.1) is 23.2 Å². The summed E-state index contributed by atoms with van der Waals surface area (Å²) in [4.78, 5) is 24.0. The van der Waals surface area contributed by atoms with Gasteiger partial charge in [0.1, 0.15) is 0 Å². The molecular weight excluding hydrogens is 288 g/mol. The van der Waals surface area contributed by atoms with Crippen molar-refractivity contribution in [2.45, 2.75) is 12.3 Å². The monoisotopic (exact) mass is 302 g/mol. The van der Waals surface area contributed by atoms with Gasteiger partial charge < -0.3 is 5.32 Å². The Kier molecular flexibility index (Phi) is 4.77. The zero-order valence-electron chi connectivity index (χ0n) is 11.4. The third kappa shape index (κ3) is 3.50.